The summed E-state index contributed by atoms with van der Waals surface area (Å²) in [6.07, 6.45) is 12.6. The first-order valence-corrected chi connectivity index (χ1v) is 10.6. The van der Waals surface area contributed by atoms with Gasteiger partial charge in [0, 0.05) is 31.4 Å². The molecule has 4 aliphatic rings. The Morgan fingerprint density at radius 3 is 3.07 bits per heavy atom. The fourth-order valence-electron chi connectivity index (χ4n) is 6.25. The van der Waals surface area contributed by atoms with Crippen molar-refractivity contribution < 1.29 is 14.3 Å². The fourth-order valence-corrected chi connectivity index (χ4v) is 6.25. The number of hydrogen-bond acceptors (Lipinski definition) is 5. The number of esters is 1. The molecule has 3 heterocycles. The minimum Gasteiger partial charge on any atom is -0.462 e. The molecule has 0 radical (unpaired) electrons. The number of epoxide rings is 1. The Labute approximate surface area is 161 Å². The predicted molar refractivity (Wildman–Crippen MR) is 99.9 cm³/mol. The van der Waals surface area contributed by atoms with Crippen LogP contribution in [0, 0.1) is 23.2 Å². The number of aryl methyl sites for hydroxylation is 1. The van der Waals surface area contributed by atoms with Gasteiger partial charge >= 0.3 is 5.97 Å². The third-order valence-electron chi connectivity index (χ3n) is 7.77. The van der Waals surface area contributed by atoms with Crippen LogP contribution in [0.15, 0.2) is 18.7 Å². The molecule has 27 heavy (non-hydrogen) atoms. The molecule has 6 heteroatoms. The van der Waals surface area contributed by atoms with E-state index in [1.54, 1.807) is 6.20 Å². The molecule has 2 aliphatic heterocycles. The summed E-state index contributed by atoms with van der Waals surface area (Å²) < 4.78 is 13.9. The van der Waals surface area contributed by atoms with Crippen LogP contribution in [-0.4, -0.2) is 46.9 Å². The molecule has 148 valence electrons. The Bertz CT molecular complexity index is 687. The number of fused-ring (bicyclic) bond motifs is 3. The van der Waals surface area contributed by atoms with Gasteiger partial charge in [-0.3, -0.25) is 4.79 Å². The minimum absolute atomic E-state index is 0.00511. The van der Waals surface area contributed by atoms with Gasteiger partial charge in [-0.05, 0) is 56.4 Å². The lowest BCUT2D eigenvalue weighted by Crippen LogP contribution is -2.51. The number of ether oxygens (including phenoxy) is 2. The van der Waals surface area contributed by atoms with Crippen molar-refractivity contribution in [2.24, 2.45) is 23.2 Å². The van der Waals surface area contributed by atoms with Crippen molar-refractivity contribution in [2.45, 2.75) is 63.7 Å². The summed E-state index contributed by atoms with van der Waals surface area (Å²) in [5.41, 5.74) is 0.412. The van der Waals surface area contributed by atoms with Gasteiger partial charge in [-0.1, -0.05) is 6.92 Å². The molecule has 1 spiro atoms. The summed E-state index contributed by atoms with van der Waals surface area (Å²) in [4.78, 5) is 16.6. The maximum atomic E-state index is 12.6. The van der Waals surface area contributed by atoms with Crippen LogP contribution < -0.4 is 5.32 Å². The van der Waals surface area contributed by atoms with Crippen LogP contribution >= 0.6 is 0 Å². The zero-order chi connectivity index (χ0) is 18.5. The van der Waals surface area contributed by atoms with Crippen molar-refractivity contribution in [2.75, 3.05) is 19.7 Å². The van der Waals surface area contributed by atoms with Gasteiger partial charge in [0.2, 0.25) is 0 Å². The molecule has 0 aromatic carbocycles. The highest BCUT2D eigenvalue weighted by Gasteiger charge is 2.64. The van der Waals surface area contributed by atoms with Crippen LogP contribution in [0.3, 0.4) is 0 Å². The molecule has 5 rings (SSSR count). The number of imidazole rings is 1. The van der Waals surface area contributed by atoms with E-state index in [4.69, 9.17) is 9.47 Å². The molecule has 6 atom stereocenters. The molecule has 2 aliphatic carbocycles. The molecule has 1 aromatic rings. The summed E-state index contributed by atoms with van der Waals surface area (Å²) >= 11 is 0. The maximum absolute atomic E-state index is 12.6. The van der Waals surface area contributed by atoms with Crippen LogP contribution in [-0.2, 0) is 20.8 Å². The molecule has 1 aromatic heterocycles. The normalized spacial score (nSPS) is 42.6. The Kier molecular flexibility index (Phi) is 4.32. The monoisotopic (exact) mass is 373 g/mol. The van der Waals surface area contributed by atoms with E-state index in [0.717, 1.165) is 45.5 Å². The van der Waals surface area contributed by atoms with Crippen molar-refractivity contribution >= 4 is 5.97 Å². The van der Waals surface area contributed by atoms with Crippen molar-refractivity contribution in [3.63, 3.8) is 0 Å². The molecule has 0 bridgehead atoms. The lowest BCUT2D eigenvalue weighted by Gasteiger charge is -2.51. The average molecular weight is 373 g/mol. The van der Waals surface area contributed by atoms with Gasteiger partial charge in [-0.2, -0.15) is 0 Å². The smallest absolute Gasteiger partial charge is 0.310 e. The fraction of sp³-hybridized carbons (Fsp3) is 0.810. The number of nitrogens with zero attached hydrogens (tertiary/aromatic N) is 2. The summed E-state index contributed by atoms with van der Waals surface area (Å²) in [7, 11) is 0. The molecule has 0 unspecified atom stereocenters. The minimum atomic E-state index is 0.00511. The summed E-state index contributed by atoms with van der Waals surface area (Å²) in [5, 5.41) is 3.51. The van der Waals surface area contributed by atoms with E-state index in [-0.39, 0.29) is 29.0 Å². The molecule has 1 N–H and O–H groups in total. The average Bonchev–Trinajstić information content (AvgIpc) is 3.08. The standard InChI is InChI=1S/C21H31N3O3/c1-20-4-2-5-21(13-26-21)18(20)10-15-16(19(25)27-17(15)11-20)12-22-6-3-8-24-9-7-23-14-24/h7,9,14-18,22H,2-6,8,10-13H2,1H3/t15-,16+,17-,18-,20-,21+/m1/s1. The number of rotatable bonds is 6. The largest absolute Gasteiger partial charge is 0.462 e. The quantitative estimate of drug-likeness (QED) is 0.471. The van der Waals surface area contributed by atoms with Gasteiger partial charge in [0.25, 0.3) is 0 Å². The number of nitrogens with one attached hydrogen (secondary N) is 1. The zero-order valence-electron chi connectivity index (χ0n) is 16.2. The second-order valence-corrected chi connectivity index (χ2v) is 9.46. The maximum Gasteiger partial charge on any atom is 0.310 e. The lowest BCUT2D eigenvalue weighted by molar-refractivity contribution is -0.147. The summed E-state index contributed by atoms with van der Waals surface area (Å²) in [6.45, 7) is 5.94. The van der Waals surface area contributed by atoms with E-state index in [9.17, 15) is 4.79 Å². The Morgan fingerprint density at radius 1 is 1.41 bits per heavy atom. The van der Waals surface area contributed by atoms with E-state index in [2.05, 4.69) is 21.8 Å². The van der Waals surface area contributed by atoms with Gasteiger partial charge in [-0.15, -0.1) is 0 Å². The van der Waals surface area contributed by atoms with Crippen LogP contribution in [0.1, 0.15) is 45.4 Å². The molecule has 6 nitrogen and oxygen atoms in total. The Morgan fingerprint density at radius 2 is 2.30 bits per heavy atom. The van der Waals surface area contributed by atoms with Crippen molar-refractivity contribution in [1.82, 2.24) is 14.9 Å². The van der Waals surface area contributed by atoms with E-state index < -0.39 is 0 Å². The topological polar surface area (TPSA) is 68.7 Å². The Hall–Kier alpha value is -1.40. The lowest BCUT2D eigenvalue weighted by atomic mass is 9.53. The molecule has 0 amide bonds. The molecular weight excluding hydrogens is 342 g/mol. The van der Waals surface area contributed by atoms with E-state index in [1.807, 2.05) is 12.5 Å². The second-order valence-electron chi connectivity index (χ2n) is 9.46. The SMILES string of the molecule is C[C@]12CCC[C@]3(CO3)[C@@H]1C[C@@H]1[C@H](CNCCCn3ccnc3)C(=O)O[C@@H]1C2. The van der Waals surface area contributed by atoms with Crippen molar-refractivity contribution in [1.29, 1.82) is 0 Å². The highest BCUT2D eigenvalue weighted by Crippen LogP contribution is 2.62. The van der Waals surface area contributed by atoms with Crippen LogP contribution in [0.25, 0.3) is 0 Å². The van der Waals surface area contributed by atoms with Gasteiger partial charge in [0.15, 0.2) is 0 Å². The number of carbonyl (C=O) groups excluding carboxylic acids is 1. The van der Waals surface area contributed by atoms with Gasteiger partial charge in [0.1, 0.15) is 6.10 Å². The van der Waals surface area contributed by atoms with E-state index in [1.165, 1.54) is 19.3 Å². The van der Waals surface area contributed by atoms with E-state index in [0.29, 0.717) is 11.8 Å². The number of hydrogen-bond donors (Lipinski definition) is 1. The molecule has 2 saturated carbocycles. The number of carbonyl (C=O) groups is 1. The predicted octanol–water partition coefficient (Wildman–Crippen LogP) is 2.39. The zero-order valence-corrected chi connectivity index (χ0v) is 16.2. The number of aromatic nitrogens is 2. The third-order valence-corrected chi connectivity index (χ3v) is 7.77. The van der Waals surface area contributed by atoms with Gasteiger partial charge in [-0.25, -0.2) is 4.98 Å². The first kappa shape index (κ1) is 17.7. The summed E-state index contributed by atoms with van der Waals surface area (Å²) in [5.74, 6) is 0.972. The van der Waals surface area contributed by atoms with Crippen LogP contribution in [0.4, 0.5) is 0 Å². The third kappa shape index (κ3) is 3.11. The van der Waals surface area contributed by atoms with Crippen molar-refractivity contribution in [3.8, 4) is 0 Å². The second kappa shape index (κ2) is 6.59. The molecule has 2 saturated heterocycles. The van der Waals surface area contributed by atoms with E-state index >= 15 is 0 Å². The molecule has 4 fully saturated rings. The van der Waals surface area contributed by atoms with Crippen LogP contribution in [0.2, 0.25) is 0 Å². The van der Waals surface area contributed by atoms with Gasteiger partial charge in [0.05, 0.1) is 24.5 Å². The molecular formula is C21H31N3O3. The first-order chi connectivity index (χ1) is 13.1. The van der Waals surface area contributed by atoms with Gasteiger partial charge < -0.3 is 19.4 Å². The van der Waals surface area contributed by atoms with Crippen molar-refractivity contribution in [3.05, 3.63) is 18.7 Å². The highest BCUT2D eigenvalue weighted by molar-refractivity contribution is 5.75. The first-order valence-electron chi connectivity index (χ1n) is 10.6. The van der Waals surface area contributed by atoms with Crippen LogP contribution in [0.5, 0.6) is 0 Å². The Balaban J connectivity index is 1.18. The summed E-state index contributed by atoms with van der Waals surface area (Å²) in [6, 6.07) is 0. The highest BCUT2D eigenvalue weighted by atomic mass is 16.6.